The second kappa shape index (κ2) is 10.4. The van der Waals surface area contributed by atoms with Crippen molar-refractivity contribution in [2.75, 3.05) is 11.9 Å². The lowest BCUT2D eigenvalue weighted by atomic mass is 10.1. The Morgan fingerprint density at radius 3 is 2.76 bits per heavy atom. The summed E-state index contributed by atoms with van der Waals surface area (Å²) in [6, 6.07) is 17.5. The summed E-state index contributed by atoms with van der Waals surface area (Å²) in [5.41, 5.74) is 3.69. The molecule has 1 aromatic heterocycles. The molecule has 2 heterocycles. The summed E-state index contributed by atoms with van der Waals surface area (Å²) in [4.78, 5) is 28.0. The number of carbonyl (C=O) groups excluding carboxylic acids is 1. The number of benzene rings is 3. The number of anilines is 1. The fraction of sp³-hybridized carbons (Fsp3) is 0.0800. The highest BCUT2D eigenvalue weighted by molar-refractivity contribution is 9.11. The Morgan fingerprint density at radius 1 is 1.16 bits per heavy atom. The van der Waals surface area contributed by atoms with Gasteiger partial charge < -0.3 is 10.1 Å². The third-order valence-corrected chi connectivity index (χ3v) is 7.42. The molecule has 0 saturated heterocycles. The molecule has 5 rings (SSSR count). The molecule has 1 aliphatic rings. The maximum absolute atomic E-state index is 11.9. The average molecular weight is 643 g/mol. The van der Waals surface area contributed by atoms with Gasteiger partial charge in [0, 0.05) is 31.5 Å². The summed E-state index contributed by atoms with van der Waals surface area (Å²) in [6.07, 6.45) is 0. The van der Waals surface area contributed by atoms with Crippen molar-refractivity contribution in [2.24, 2.45) is 10.1 Å². The molecule has 3 aromatic carbocycles. The number of rotatable bonds is 5. The largest absolute Gasteiger partial charge is 0.482 e. The van der Waals surface area contributed by atoms with Gasteiger partial charge in [0.2, 0.25) is 4.80 Å². The predicted octanol–water partition coefficient (Wildman–Crippen LogP) is 6.49. The summed E-state index contributed by atoms with van der Waals surface area (Å²) in [6.45, 7) is 1.84. The molecule has 1 aliphatic heterocycles. The van der Waals surface area contributed by atoms with Crippen molar-refractivity contribution in [3.8, 4) is 17.0 Å². The molecule has 1 amide bonds. The molecule has 9 nitrogen and oxygen atoms in total. The zero-order valence-electron chi connectivity index (χ0n) is 19.1. The number of aromatic nitrogens is 1. The minimum absolute atomic E-state index is 0.0325. The van der Waals surface area contributed by atoms with Crippen molar-refractivity contribution in [1.29, 1.82) is 0 Å². The second-order valence-electron chi connectivity index (χ2n) is 7.93. The Kier molecular flexibility index (Phi) is 7.04. The molecular formula is C25H17Br2N5O4S. The van der Waals surface area contributed by atoms with Crippen LogP contribution in [0.4, 0.5) is 17.1 Å². The maximum Gasteiger partial charge on any atom is 0.294 e. The third kappa shape index (κ3) is 5.26. The number of nitrogens with one attached hydrogen (secondary N) is 1. The molecular weight excluding hydrogens is 626 g/mol. The van der Waals surface area contributed by atoms with E-state index >= 15 is 0 Å². The Morgan fingerprint density at radius 2 is 1.97 bits per heavy atom. The molecule has 0 radical (unpaired) electrons. The number of fused-ring (bicyclic) bond motifs is 1. The first-order chi connectivity index (χ1) is 17.8. The van der Waals surface area contributed by atoms with Crippen LogP contribution in [0.1, 0.15) is 12.5 Å². The number of nitro benzene ring substituents is 1. The van der Waals surface area contributed by atoms with E-state index < -0.39 is 4.92 Å². The van der Waals surface area contributed by atoms with Gasteiger partial charge in [0.05, 0.1) is 22.0 Å². The Hall–Kier alpha value is -3.61. The van der Waals surface area contributed by atoms with Crippen LogP contribution in [0.2, 0.25) is 0 Å². The van der Waals surface area contributed by atoms with Gasteiger partial charge in [0.1, 0.15) is 11.4 Å². The molecule has 12 heteroatoms. The number of nitro groups is 1. The van der Waals surface area contributed by atoms with Crippen molar-refractivity contribution >= 4 is 71.9 Å². The molecule has 0 bridgehead atoms. The van der Waals surface area contributed by atoms with E-state index in [2.05, 4.69) is 42.2 Å². The van der Waals surface area contributed by atoms with Crippen LogP contribution in [-0.2, 0) is 4.79 Å². The predicted molar refractivity (Wildman–Crippen MR) is 150 cm³/mol. The Bertz CT molecular complexity index is 1660. The number of carbonyl (C=O) groups is 1. The maximum atomic E-state index is 11.9. The first-order valence-electron chi connectivity index (χ1n) is 10.9. The molecule has 0 saturated carbocycles. The fourth-order valence-corrected chi connectivity index (χ4v) is 5.89. The highest BCUT2D eigenvalue weighted by Gasteiger charge is 2.19. The minimum atomic E-state index is -0.461. The summed E-state index contributed by atoms with van der Waals surface area (Å²) in [7, 11) is 0. The molecule has 1 N–H and O–H groups in total. The van der Waals surface area contributed by atoms with Gasteiger partial charge in [0.25, 0.3) is 11.6 Å². The van der Waals surface area contributed by atoms with Gasteiger partial charge in [-0.05, 0) is 43.3 Å². The summed E-state index contributed by atoms with van der Waals surface area (Å²) in [5.74, 6) is 0.345. The Balaban J connectivity index is 1.71. The van der Waals surface area contributed by atoms with Gasteiger partial charge >= 0.3 is 0 Å². The van der Waals surface area contributed by atoms with Crippen molar-refractivity contribution in [2.45, 2.75) is 6.92 Å². The monoisotopic (exact) mass is 641 g/mol. The van der Waals surface area contributed by atoms with E-state index in [-0.39, 0.29) is 23.9 Å². The van der Waals surface area contributed by atoms with Crippen LogP contribution in [0.5, 0.6) is 5.75 Å². The lowest BCUT2D eigenvalue weighted by Gasteiger charge is -2.18. The smallest absolute Gasteiger partial charge is 0.294 e. The van der Waals surface area contributed by atoms with Crippen LogP contribution < -0.4 is 14.9 Å². The van der Waals surface area contributed by atoms with Crippen LogP contribution in [0.15, 0.2) is 85.1 Å². The zero-order valence-corrected chi connectivity index (χ0v) is 23.1. The van der Waals surface area contributed by atoms with Gasteiger partial charge in [-0.15, -0.1) is 11.3 Å². The zero-order chi connectivity index (χ0) is 26.1. The fourth-order valence-electron chi connectivity index (χ4n) is 3.72. The number of hydrogen-bond acceptors (Lipinski definition) is 7. The minimum Gasteiger partial charge on any atom is -0.482 e. The first-order valence-corrected chi connectivity index (χ1v) is 13.3. The van der Waals surface area contributed by atoms with E-state index in [1.54, 1.807) is 35.0 Å². The topological polar surface area (TPSA) is 111 Å². The van der Waals surface area contributed by atoms with E-state index in [4.69, 9.17) is 9.84 Å². The van der Waals surface area contributed by atoms with Crippen LogP contribution >= 0.6 is 43.2 Å². The summed E-state index contributed by atoms with van der Waals surface area (Å²) in [5, 5.41) is 21.1. The molecule has 0 unspecified atom stereocenters. The highest BCUT2D eigenvalue weighted by Crippen LogP contribution is 2.33. The molecule has 4 aromatic rings. The number of thiazole rings is 1. The van der Waals surface area contributed by atoms with Crippen molar-refractivity contribution < 1.29 is 14.5 Å². The molecule has 186 valence electrons. The number of ether oxygens (including phenoxy) is 1. The number of amides is 1. The number of nitrogens with zero attached hydrogens (tertiary/aromatic N) is 4. The second-order valence-corrected chi connectivity index (χ2v) is 10.5. The van der Waals surface area contributed by atoms with E-state index in [0.717, 1.165) is 20.1 Å². The van der Waals surface area contributed by atoms with Gasteiger partial charge in [0.15, 0.2) is 6.61 Å². The SMILES string of the molecule is CC(=Nn1c(-c2ccc3c(c2)NC(=O)CO3)csc1=Nc1ccccc1[N+](=O)[O-])c1ccc(Br)cc1Br. The normalized spacial score (nSPS) is 13.6. The molecule has 0 aliphatic carbocycles. The van der Waals surface area contributed by atoms with Crippen LogP contribution in [0, 0.1) is 10.1 Å². The summed E-state index contributed by atoms with van der Waals surface area (Å²) >= 11 is 8.35. The Labute approximate surface area is 231 Å². The standard InChI is InChI=1S/C25H17Br2N5O4S/c1-14(17-8-7-16(26)11-18(17)27)30-31-22(15-6-9-23-20(10-15)28-24(33)12-36-23)13-37-25(31)29-19-4-2-3-5-21(19)32(34)35/h2-11,13H,12H2,1H3,(H,28,33). The van der Waals surface area contributed by atoms with Gasteiger partial charge in [-0.25, -0.2) is 9.67 Å². The van der Waals surface area contributed by atoms with Gasteiger partial charge in [-0.3, -0.25) is 14.9 Å². The van der Waals surface area contributed by atoms with Gasteiger partial charge in [-0.1, -0.05) is 50.1 Å². The van der Waals surface area contributed by atoms with Crippen LogP contribution in [0.3, 0.4) is 0 Å². The third-order valence-electron chi connectivity index (χ3n) is 5.46. The van der Waals surface area contributed by atoms with Crippen molar-refractivity contribution in [1.82, 2.24) is 4.68 Å². The van der Waals surface area contributed by atoms with Crippen molar-refractivity contribution in [3.05, 3.63) is 95.5 Å². The first kappa shape index (κ1) is 25.1. The van der Waals surface area contributed by atoms with E-state index in [9.17, 15) is 14.9 Å². The molecule has 0 atom stereocenters. The van der Waals surface area contributed by atoms with Gasteiger partial charge in [-0.2, -0.15) is 5.10 Å². The molecule has 0 fully saturated rings. The van der Waals surface area contributed by atoms with E-state index in [1.807, 2.05) is 36.6 Å². The molecule has 0 spiro atoms. The van der Waals surface area contributed by atoms with Crippen molar-refractivity contribution in [3.63, 3.8) is 0 Å². The quantitative estimate of drug-likeness (QED) is 0.152. The highest BCUT2D eigenvalue weighted by atomic mass is 79.9. The number of halogens is 2. The number of para-hydroxylation sites is 2. The van der Waals surface area contributed by atoms with E-state index in [1.165, 1.54) is 17.4 Å². The lowest BCUT2D eigenvalue weighted by Crippen LogP contribution is -2.25. The average Bonchev–Trinajstić information content (AvgIpc) is 3.25. The van der Waals surface area contributed by atoms with Crippen LogP contribution in [0.25, 0.3) is 11.3 Å². The lowest BCUT2D eigenvalue weighted by molar-refractivity contribution is -0.384. The van der Waals surface area contributed by atoms with Crippen LogP contribution in [-0.4, -0.2) is 27.8 Å². The van der Waals surface area contributed by atoms with E-state index in [0.29, 0.717) is 27.6 Å². The number of hydrogen-bond donors (Lipinski definition) is 1. The molecule has 37 heavy (non-hydrogen) atoms. The summed E-state index contributed by atoms with van der Waals surface area (Å²) < 4.78 is 8.91.